The van der Waals surface area contributed by atoms with Crippen LogP contribution in [0.15, 0.2) is 24.3 Å². The van der Waals surface area contributed by atoms with Crippen molar-refractivity contribution in [1.82, 2.24) is 9.62 Å². The van der Waals surface area contributed by atoms with E-state index < -0.39 is 10.0 Å². The highest BCUT2D eigenvalue weighted by atomic mass is 35.5. The summed E-state index contributed by atoms with van der Waals surface area (Å²) in [4.78, 5) is 16.0. The van der Waals surface area contributed by atoms with Crippen molar-refractivity contribution in [3.63, 3.8) is 0 Å². The molecule has 0 atom stereocenters. The lowest BCUT2D eigenvalue weighted by molar-refractivity contribution is -0.131. The Bertz CT molecular complexity index is 628. The number of sulfonamides is 1. The quantitative estimate of drug-likeness (QED) is 0.862. The van der Waals surface area contributed by atoms with Gasteiger partial charge in [-0.2, -0.15) is 0 Å². The van der Waals surface area contributed by atoms with Crippen molar-refractivity contribution in [1.29, 1.82) is 0 Å². The van der Waals surface area contributed by atoms with Crippen LogP contribution in [0.2, 0.25) is 5.02 Å². The zero-order valence-electron chi connectivity index (χ0n) is 12.5. The number of hydrogen-bond donors (Lipinski definition) is 1. The van der Waals surface area contributed by atoms with E-state index in [2.05, 4.69) is 9.62 Å². The summed E-state index contributed by atoms with van der Waals surface area (Å²) in [5, 5.41) is 0.697. The van der Waals surface area contributed by atoms with Crippen LogP contribution in [0.1, 0.15) is 6.42 Å². The molecule has 2 rings (SSSR count). The molecule has 0 aliphatic carbocycles. The summed E-state index contributed by atoms with van der Waals surface area (Å²) in [6, 6.07) is 7.65. The van der Waals surface area contributed by atoms with E-state index in [-0.39, 0.29) is 18.9 Å². The predicted octanol–water partition coefficient (Wildman–Crippen LogP) is 0.928. The van der Waals surface area contributed by atoms with Crippen molar-refractivity contribution in [2.24, 2.45) is 0 Å². The average Bonchev–Trinajstić information content (AvgIpc) is 2.46. The monoisotopic (exact) mass is 345 g/mol. The first-order chi connectivity index (χ1) is 10.3. The topological polar surface area (TPSA) is 69.7 Å². The molecule has 1 aromatic rings. The smallest absolute Gasteiger partial charge is 0.224 e. The fraction of sp³-hybridized carbons (Fsp3) is 0.500. The van der Waals surface area contributed by atoms with Gasteiger partial charge >= 0.3 is 0 Å². The molecule has 1 aliphatic heterocycles. The minimum atomic E-state index is -3.24. The van der Waals surface area contributed by atoms with Crippen molar-refractivity contribution < 1.29 is 13.2 Å². The maximum Gasteiger partial charge on any atom is 0.224 e. The number of amides is 1. The van der Waals surface area contributed by atoms with Crippen molar-refractivity contribution in [2.75, 3.05) is 43.9 Å². The Balaban J connectivity index is 1.80. The van der Waals surface area contributed by atoms with E-state index in [0.717, 1.165) is 25.0 Å². The molecule has 1 saturated heterocycles. The van der Waals surface area contributed by atoms with E-state index in [1.54, 1.807) is 4.90 Å². The van der Waals surface area contributed by atoms with Gasteiger partial charge in [0.2, 0.25) is 15.9 Å². The Kier molecular flexibility index (Phi) is 5.66. The minimum absolute atomic E-state index is 0.0260. The van der Waals surface area contributed by atoms with Crippen LogP contribution in [0.25, 0.3) is 0 Å². The van der Waals surface area contributed by atoms with Crippen LogP contribution in [0.5, 0.6) is 0 Å². The van der Waals surface area contributed by atoms with E-state index in [1.165, 1.54) is 0 Å². The van der Waals surface area contributed by atoms with Gasteiger partial charge in [-0.3, -0.25) is 4.79 Å². The third-order valence-electron chi connectivity index (χ3n) is 3.51. The van der Waals surface area contributed by atoms with Crippen LogP contribution in [-0.2, 0) is 14.8 Å². The average molecular weight is 346 g/mol. The molecule has 1 amide bonds. The number of carbonyl (C=O) groups excluding carboxylic acids is 1. The first kappa shape index (κ1) is 17.1. The second-order valence-electron chi connectivity index (χ2n) is 5.26. The highest BCUT2D eigenvalue weighted by Gasteiger charge is 2.21. The van der Waals surface area contributed by atoms with Gasteiger partial charge in [-0.25, -0.2) is 13.1 Å². The van der Waals surface area contributed by atoms with Crippen LogP contribution >= 0.6 is 11.6 Å². The summed E-state index contributed by atoms with van der Waals surface area (Å²) < 4.78 is 24.3. The SMILES string of the molecule is CS(=O)(=O)NCCC(=O)N1CCN(c2cccc(Cl)c2)CC1. The molecule has 22 heavy (non-hydrogen) atoms. The second kappa shape index (κ2) is 7.30. The number of nitrogens with one attached hydrogen (secondary N) is 1. The molecular weight excluding hydrogens is 326 g/mol. The summed E-state index contributed by atoms with van der Waals surface area (Å²) in [6.45, 7) is 2.89. The van der Waals surface area contributed by atoms with E-state index in [0.29, 0.717) is 18.1 Å². The molecule has 6 nitrogen and oxygen atoms in total. The molecule has 122 valence electrons. The Morgan fingerprint density at radius 2 is 1.95 bits per heavy atom. The van der Waals surface area contributed by atoms with Crippen LogP contribution in [0, 0.1) is 0 Å². The van der Waals surface area contributed by atoms with E-state index in [1.807, 2.05) is 24.3 Å². The predicted molar refractivity (Wildman–Crippen MR) is 87.7 cm³/mol. The van der Waals surface area contributed by atoms with Crippen LogP contribution < -0.4 is 9.62 Å². The number of anilines is 1. The van der Waals surface area contributed by atoms with Crippen LogP contribution in [-0.4, -0.2) is 58.2 Å². The van der Waals surface area contributed by atoms with Crippen molar-refractivity contribution in [3.8, 4) is 0 Å². The Morgan fingerprint density at radius 1 is 1.27 bits per heavy atom. The molecule has 1 heterocycles. The lowest BCUT2D eigenvalue weighted by Gasteiger charge is -2.36. The minimum Gasteiger partial charge on any atom is -0.368 e. The number of nitrogens with zero attached hydrogens (tertiary/aromatic N) is 2. The summed E-state index contributed by atoms with van der Waals surface area (Å²) >= 11 is 5.99. The van der Waals surface area contributed by atoms with E-state index in [9.17, 15) is 13.2 Å². The number of benzene rings is 1. The Labute approximate surface area is 136 Å². The van der Waals surface area contributed by atoms with Crippen molar-refractivity contribution in [2.45, 2.75) is 6.42 Å². The van der Waals surface area contributed by atoms with Gasteiger partial charge in [0.25, 0.3) is 0 Å². The molecule has 0 spiro atoms. The molecule has 0 bridgehead atoms. The van der Waals surface area contributed by atoms with Gasteiger partial charge in [-0.05, 0) is 18.2 Å². The first-order valence-corrected chi connectivity index (χ1v) is 9.35. The van der Waals surface area contributed by atoms with Gasteiger partial charge in [-0.1, -0.05) is 17.7 Å². The molecule has 1 aromatic carbocycles. The fourth-order valence-electron chi connectivity index (χ4n) is 2.39. The number of hydrogen-bond acceptors (Lipinski definition) is 4. The number of piperazine rings is 1. The Morgan fingerprint density at radius 3 is 2.55 bits per heavy atom. The number of rotatable bonds is 5. The molecule has 1 fully saturated rings. The molecule has 1 N–H and O–H groups in total. The Hall–Kier alpha value is -1.31. The van der Waals surface area contributed by atoms with Gasteiger partial charge in [-0.15, -0.1) is 0 Å². The highest BCUT2D eigenvalue weighted by molar-refractivity contribution is 7.88. The zero-order chi connectivity index (χ0) is 16.2. The third kappa shape index (κ3) is 5.15. The maximum absolute atomic E-state index is 12.0. The summed E-state index contributed by atoms with van der Waals surface area (Å²) in [6.07, 6.45) is 1.27. The molecule has 0 radical (unpaired) electrons. The zero-order valence-corrected chi connectivity index (χ0v) is 14.0. The van der Waals surface area contributed by atoms with Crippen molar-refractivity contribution >= 4 is 33.2 Å². The van der Waals surface area contributed by atoms with Gasteiger partial charge in [0.1, 0.15) is 0 Å². The normalized spacial score (nSPS) is 15.9. The molecule has 0 aromatic heterocycles. The van der Waals surface area contributed by atoms with Crippen LogP contribution in [0.3, 0.4) is 0 Å². The third-order valence-corrected chi connectivity index (χ3v) is 4.47. The molecule has 8 heteroatoms. The molecular formula is C14H20ClN3O3S. The number of halogens is 1. The molecule has 0 unspecified atom stereocenters. The van der Waals surface area contributed by atoms with E-state index >= 15 is 0 Å². The summed E-state index contributed by atoms with van der Waals surface area (Å²) in [5.74, 6) is -0.0260. The molecule has 0 saturated carbocycles. The number of carbonyl (C=O) groups is 1. The van der Waals surface area contributed by atoms with Crippen molar-refractivity contribution in [3.05, 3.63) is 29.3 Å². The van der Waals surface area contributed by atoms with Crippen LogP contribution in [0.4, 0.5) is 5.69 Å². The standard InChI is InChI=1S/C14H20ClN3O3S/c1-22(20,21)16-6-5-14(19)18-9-7-17(8-10-18)13-4-2-3-12(15)11-13/h2-4,11,16H,5-10H2,1H3. The lowest BCUT2D eigenvalue weighted by Crippen LogP contribution is -2.49. The van der Waals surface area contributed by atoms with Gasteiger partial charge in [0, 0.05) is 49.9 Å². The highest BCUT2D eigenvalue weighted by Crippen LogP contribution is 2.20. The summed E-state index contributed by atoms with van der Waals surface area (Å²) in [5.41, 5.74) is 1.05. The lowest BCUT2D eigenvalue weighted by atomic mass is 10.2. The summed E-state index contributed by atoms with van der Waals surface area (Å²) in [7, 11) is -3.24. The maximum atomic E-state index is 12.0. The van der Waals surface area contributed by atoms with E-state index in [4.69, 9.17) is 11.6 Å². The largest absolute Gasteiger partial charge is 0.368 e. The van der Waals surface area contributed by atoms with Gasteiger partial charge in [0.05, 0.1) is 6.26 Å². The van der Waals surface area contributed by atoms with Gasteiger partial charge < -0.3 is 9.80 Å². The van der Waals surface area contributed by atoms with Gasteiger partial charge in [0.15, 0.2) is 0 Å². The fourth-order valence-corrected chi connectivity index (χ4v) is 3.05. The molecule has 1 aliphatic rings. The second-order valence-corrected chi connectivity index (χ2v) is 7.53. The first-order valence-electron chi connectivity index (χ1n) is 7.08.